The Morgan fingerprint density at radius 3 is 2.43 bits per heavy atom. The lowest BCUT2D eigenvalue weighted by atomic mass is 10.1. The highest BCUT2D eigenvalue weighted by molar-refractivity contribution is 9.13. The molecule has 0 saturated heterocycles. The second kappa shape index (κ2) is 7.20. The number of hydrogen-bond donors (Lipinski definition) is 2. The van der Waals surface area contributed by atoms with Crippen molar-refractivity contribution in [1.29, 1.82) is 0 Å². The number of hydrogen-bond acceptors (Lipinski definition) is 3. The fourth-order valence-electron chi connectivity index (χ4n) is 1.74. The summed E-state index contributed by atoms with van der Waals surface area (Å²) in [5, 5.41) is 11.8. The van der Waals surface area contributed by atoms with E-state index in [0.29, 0.717) is 4.88 Å². The summed E-state index contributed by atoms with van der Waals surface area (Å²) in [5.41, 5.74) is 0.860. The molecule has 1 heterocycles. The standard InChI is InChI=1S/C14H11Br2NO3S/c15-9-7-11(21-12(9)16)13(18)17-10(14(19)20)6-8-4-2-1-3-5-8/h1-5,7,10H,6H2,(H,17,18)(H,19,20)/t10-/m1/s1. The third-order valence-corrected chi connectivity index (χ3v) is 6.01. The largest absolute Gasteiger partial charge is 0.480 e. The van der Waals surface area contributed by atoms with Crippen LogP contribution in [0.1, 0.15) is 15.2 Å². The molecule has 2 rings (SSSR count). The van der Waals surface area contributed by atoms with E-state index in [9.17, 15) is 14.7 Å². The van der Waals surface area contributed by atoms with Crippen molar-refractivity contribution in [2.24, 2.45) is 0 Å². The maximum Gasteiger partial charge on any atom is 0.326 e. The number of carbonyl (C=O) groups is 2. The Morgan fingerprint density at radius 2 is 1.90 bits per heavy atom. The van der Waals surface area contributed by atoms with Crippen LogP contribution >= 0.6 is 43.2 Å². The second-order valence-corrected chi connectivity index (χ2v) is 7.51. The van der Waals surface area contributed by atoms with Gasteiger partial charge in [-0.2, -0.15) is 0 Å². The van der Waals surface area contributed by atoms with E-state index in [1.54, 1.807) is 6.07 Å². The molecule has 7 heteroatoms. The van der Waals surface area contributed by atoms with Crippen LogP contribution in [-0.4, -0.2) is 23.0 Å². The highest BCUT2D eigenvalue weighted by Crippen LogP contribution is 2.32. The van der Waals surface area contributed by atoms with Gasteiger partial charge in [0.05, 0.1) is 8.66 Å². The third-order valence-electron chi connectivity index (χ3n) is 2.76. The molecule has 0 fully saturated rings. The predicted molar refractivity (Wildman–Crippen MR) is 88.8 cm³/mol. The van der Waals surface area contributed by atoms with Crippen molar-refractivity contribution in [2.45, 2.75) is 12.5 Å². The van der Waals surface area contributed by atoms with Gasteiger partial charge in [-0.1, -0.05) is 30.3 Å². The van der Waals surface area contributed by atoms with Crippen molar-refractivity contribution < 1.29 is 14.7 Å². The van der Waals surface area contributed by atoms with Gasteiger partial charge in [0, 0.05) is 10.9 Å². The summed E-state index contributed by atoms with van der Waals surface area (Å²) in [6.45, 7) is 0. The summed E-state index contributed by atoms with van der Waals surface area (Å²) in [6, 6.07) is 9.90. The van der Waals surface area contributed by atoms with Crippen LogP contribution in [0.5, 0.6) is 0 Å². The van der Waals surface area contributed by atoms with Crippen LogP contribution in [0.3, 0.4) is 0 Å². The number of aliphatic carboxylic acids is 1. The predicted octanol–water partition coefficient (Wildman–Crippen LogP) is 3.70. The molecule has 4 nitrogen and oxygen atoms in total. The van der Waals surface area contributed by atoms with Crippen LogP contribution in [0.25, 0.3) is 0 Å². The summed E-state index contributed by atoms with van der Waals surface area (Å²) in [7, 11) is 0. The molecular formula is C14H11Br2NO3S. The normalized spacial score (nSPS) is 11.9. The zero-order chi connectivity index (χ0) is 15.4. The SMILES string of the molecule is O=C(N[C@H](Cc1ccccc1)C(=O)O)c1cc(Br)c(Br)s1. The number of thiophene rings is 1. The van der Waals surface area contributed by atoms with Crippen LogP contribution in [0.15, 0.2) is 44.7 Å². The Morgan fingerprint density at radius 1 is 1.24 bits per heavy atom. The Hall–Kier alpha value is -1.18. The number of carboxylic acid groups (broad SMARTS) is 1. The van der Waals surface area contributed by atoms with E-state index in [0.717, 1.165) is 13.8 Å². The first-order valence-corrected chi connectivity index (χ1v) is 8.40. The van der Waals surface area contributed by atoms with E-state index in [1.807, 2.05) is 30.3 Å². The average molecular weight is 433 g/mol. The van der Waals surface area contributed by atoms with Gasteiger partial charge < -0.3 is 10.4 Å². The van der Waals surface area contributed by atoms with Crippen molar-refractivity contribution >= 4 is 55.1 Å². The molecule has 0 aliphatic carbocycles. The molecule has 2 N–H and O–H groups in total. The van der Waals surface area contributed by atoms with E-state index in [-0.39, 0.29) is 6.42 Å². The van der Waals surface area contributed by atoms with E-state index in [1.165, 1.54) is 11.3 Å². The molecule has 1 aromatic carbocycles. The van der Waals surface area contributed by atoms with Gasteiger partial charge in [0.2, 0.25) is 0 Å². The molecular weight excluding hydrogens is 422 g/mol. The Kier molecular flexibility index (Phi) is 5.55. The molecule has 0 aliphatic rings. The number of benzene rings is 1. The van der Waals surface area contributed by atoms with Gasteiger partial charge in [-0.3, -0.25) is 4.79 Å². The van der Waals surface area contributed by atoms with E-state index in [2.05, 4.69) is 37.2 Å². The maximum absolute atomic E-state index is 12.1. The minimum Gasteiger partial charge on any atom is -0.480 e. The number of carboxylic acids is 1. The van der Waals surface area contributed by atoms with E-state index < -0.39 is 17.9 Å². The highest BCUT2D eigenvalue weighted by Gasteiger charge is 2.22. The fourth-order valence-corrected chi connectivity index (χ4v) is 3.68. The molecule has 0 unspecified atom stereocenters. The zero-order valence-corrected chi connectivity index (χ0v) is 14.7. The highest BCUT2D eigenvalue weighted by atomic mass is 79.9. The van der Waals surface area contributed by atoms with E-state index in [4.69, 9.17) is 0 Å². The molecule has 110 valence electrons. The molecule has 1 aromatic heterocycles. The summed E-state index contributed by atoms with van der Waals surface area (Å²) in [5.74, 6) is -1.45. The quantitative estimate of drug-likeness (QED) is 0.756. The van der Waals surface area contributed by atoms with Gasteiger partial charge in [-0.05, 0) is 43.5 Å². The average Bonchev–Trinajstić information content (AvgIpc) is 2.79. The number of carbonyl (C=O) groups excluding carboxylic acids is 1. The number of halogens is 2. The first kappa shape index (κ1) is 16.2. The fraction of sp³-hybridized carbons (Fsp3) is 0.143. The first-order chi connectivity index (χ1) is 9.97. The molecule has 1 amide bonds. The van der Waals surface area contributed by atoms with Crippen molar-refractivity contribution in [3.63, 3.8) is 0 Å². The van der Waals surface area contributed by atoms with Crippen molar-refractivity contribution in [2.75, 3.05) is 0 Å². The van der Waals surface area contributed by atoms with Gasteiger partial charge in [0.25, 0.3) is 5.91 Å². The van der Waals surface area contributed by atoms with Crippen LogP contribution in [-0.2, 0) is 11.2 Å². The second-order valence-electron chi connectivity index (χ2n) is 4.29. The van der Waals surface area contributed by atoms with Gasteiger partial charge in [-0.25, -0.2) is 4.79 Å². The van der Waals surface area contributed by atoms with Gasteiger partial charge >= 0.3 is 5.97 Å². The molecule has 21 heavy (non-hydrogen) atoms. The molecule has 0 radical (unpaired) electrons. The summed E-state index contributed by atoms with van der Waals surface area (Å²) < 4.78 is 1.56. The van der Waals surface area contributed by atoms with E-state index >= 15 is 0 Å². The van der Waals surface area contributed by atoms with Crippen molar-refractivity contribution in [3.05, 3.63) is 55.1 Å². The lowest BCUT2D eigenvalue weighted by molar-refractivity contribution is -0.139. The Labute approximate surface area is 142 Å². The minimum atomic E-state index is -1.05. The summed E-state index contributed by atoms with van der Waals surface area (Å²) in [4.78, 5) is 23.9. The first-order valence-electron chi connectivity index (χ1n) is 6.00. The van der Waals surface area contributed by atoms with Gasteiger partial charge in [0.15, 0.2) is 0 Å². The topological polar surface area (TPSA) is 66.4 Å². The molecule has 0 spiro atoms. The van der Waals surface area contributed by atoms with Gasteiger partial charge in [-0.15, -0.1) is 11.3 Å². The summed E-state index contributed by atoms with van der Waals surface area (Å²) in [6.07, 6.45) is 0.246. The van der Waals surface area contributed by atoms with Crippen molar-refractivity contribution in [1.82, 2.24) is 5.32 Å². The number of nitrogens with one attached hydrogen (secondary N) is 1. The van der Waals surface area contributed by atoms with Crippen LogP contribution in [0.2, 0.25) is 0 Å². The van der Waals surface area contributed by atoms with Crippen LogP contribution < -0.4 is 5.32 Å². The van der Waals surface area contributed by atoms with Crippen LogP contribution in [0.4, 0.5) is 0 Å². The third kappa shape index (κ3) is 4.39. The monoisotopic (exact) mass is 431 g/mol. The molecule has 1 atom stereocenters. The van der Waals surface area contributed by atoms with Crippen molar-refractivity contribution in [3.8, 4) is 0 Å². The lowest BCUT2D eigenvalue weighted by Crippen LogP contribution is -2.42. The van der Waals surface area contributed by atoms with Gasteiger partial charge in [0.1, 0.15) is 6.04 Å². The smallest absolute Gasteiger partial charge is 0.326 e. The Balaban J connectivity index is 2.09. The molecule has 0 aliphatic heterocycles. The summed E-state index contributed by atoms with van der Waals surface area (Å²) >= 11 is 7.86. The molecule has 0 bridgehead atoms. The molecule has 0 saturated carbocycles. The lowest BCUT2D eigenvalue weighted by Gasteiger charge is -2.14. The maximum atomic E-state index is 12.1. The van der Waals surface area contributed by atoms with Crippen LogP contribution in [0, 0.1) is 0 Å². The Bertz CT molecular complexity index is 638. The zero-order valence-electron chi connectivity index (χ0n) is 10.7. The molecule has 2 aromatic rings. The number of rotatable bonds is 5. The number of amides is 1. The minimum absolute atomic E-state index is 0.246.